The Bertz CT molecular complexity index is 750. The summed E-state index contributed by atoms with van der Waals surface area (Å²) in [6, 6.07) is 16.3. The molecule has 1 heterocycles. The number of aryl methyl sites for hydroxylation is 1. The highest BCUT2D eigenvalue weighted by molar-refractivity contribution is 5.99. The van der Waals surface area contributed by atoms with Crippen LogP contribution in [0.5, 0.6) is 0 Å². The third-order valence-corrected chi connectivity index (χ3v) is 3.42. The molecule has 0 saturated carbocycles. The Labute approximate surface area is 118 Å². The van der Waals surface area contributed by atoms with Crippen LogP contribution in [0.3, 0.4) is 0 Å². The average Bonchev–Trinajstić information content (AvgIpc) is 2.51. The van der Waals surface area contributed by atoms with Crippen molar-refractivity contribution in [3.63, 3.8) is 0 Å². The van der Waals surface area contributed by atoms with E-state index in [-0.39, 0.29) is 0 Å². The van der Waals surface area contributed by atoms with E-state index in [0.717, 1.165) is 28.7 Å². The number of nitrogens with two attached hydrogens (primary N) is 1. The van der Waals surface area contributed by atoms with Crippen molar-refractivity contribution < 1.29 is 0 Å². The molecular formula is C17H17N3. The molecule has 3 heteroatoms. The molecule has 0 amide bonds. The first kappa shape index (κ1) is 12.5. The number of benzene rings is 2. The molecule has 1 aromatic heterocycles. The molecule has 0 bridgehead atoms. The highest BCUT2D eigenvalue weighted by atomic mass is 14.9. The van der Waals surface area contributed by atoms with E-state index >= 15 is 0 Å². The highest BCUT2D eigenvalue weighted by Crippen LogP contribution is 2.29. The van der Waals surface area contributed by atoms with Crippen LogP contribution in [0.2, 0.25) is 0 Å². The number of pyridine rings is 1. The van der Waals surface area contributed by atoms with Crippen LogP contribution in [0, 0.1) is 0 Å². The number of hydrogen-bond donors (Lipinski definition) is 2. The van der Waals surface area contributed by atoms with Gasteiger partial charge in [-0.05, 0) is 48.4 Å². The summed E-state index contributed by atoms with van der Waals surface area (Å²) in [5, 5.41) is 4.49. The van der Waals surface area contributed by atoms with Gasteiger partial charge in [0.25, 0.3) is 0 Å². The number of nitrogens with one attached hydrogen (secondary N) is 1. The van der Waals surface area contributed by atoms with E-state index in [1.807, 2.05) is 24.3 Å². The summed E-state index contributed by atoms with van der Waals surface area (Å²) in [6.45, 7) is 2.15. The molecule has 0 atom stereocenters. The minimum absolute atomic E-state index is 0.702. The molecular weight excluding hydrogens is 246 g/mol. The standard InChI is InChI=1S/C17H17N3/c1-2-12-5-3-6-13(11-12)20-16-9-8-15(18)17-14(16)7-4-10-19-17/h3-11,20H,2,18H2,1H3. The van der Waals surface area contributed by atoms with Crippen molar-refractivity contribution in [2.45, 2.75) is 13.3 Å². The van der Waals surface area contributed by atoms with E-state index in [2.05, 4.69) is 41.5 Å². The molecule has 0 radical (unpaired) electrons. The van der Waals surface area contributed by atoms with Gasteiger partial charge in [-0.2, -0.15) is 0 Å². The topological polar surface area (TPSA) is 50.9 Å². The molecule has 100 valence electrons. The predicted molar refractivity (Wildman–Crippen MR) is 85.3 cm³/mol. The second-order valence-corrected chi connectivity index (χ2v) is 4.78. The van der Waals surface area contributed by atoms with Gasteiger partial charge in [-0.1, -0.05) is 19.1 Å². The second-order valence-electron chi connectivity index (χ2n) is 4.78. The Hall–Kier alpha value is -2.55. The van der Waals surface area contributed by atoms with Crippen LogP contribution in [0.15, 0.2) is 54.7 Å². The smallest absolute Gasteiger partial charge is 0.0951 e. The van der Waals surface area contributed by atoms with Gasteiger partial charge in [-0.15, -0.1) is 0 Å². The molecule has 3 aromatic rings. The molecule has 0 saturated heterocycles. The summed E-state index contributed by atoms with van der Waals surface area (Å²) in [5.41, 5.74) is 10.9. The number of rotatable bonds is 3. The molecule has 3 N–H and O–H groups in total. The van der Waals surface area contributed by atoms with E-state index in [4.69, 9.17) is 5.73 Å². The van der Waals surface area contributed by atoms with Crippen molar-refractivity contribution in [2.75, 3.05) is 11.1 Å². The minimum Gasteiger partial charge on any atom is -0.397 e. The van der Waals surface area contributed by atoms with Gasteiger partial charge in [0, 0.05) is 23.0 Å². The summed E-state index contributed by atoms with van der Waals surface area (Å²) in [5.74, 6) is 0. The predicted octanol–water partition coefficient (Wildman–Crippen LogP) is 4.12. The summed E-state index contributed by atoms with van der Waals surface area (Å²) in [7, 11) is 0. The Kier molecular flexibility index (Phi) is 3.25. The molecule has 0 unspecified atom stereocenters. The van der Waals surface area contributed by atoms with Gasteiger partial charge in [0.05, 0.1) is 11.2 Å². The van der Waals surface area contributed by atoms with Crippen LogP contribution in [0.25, 0.3) is 10.9 Å². The zero-order valence-corrected chi connectivity index (χ0v) is 11.4. The third-order valence-electron chi connectivity index (χ3n) is 3.42. The number of nitrogen functional groups attached to an aromatic ring is 1. The van der Waals surface area contributed by atoms with E-state index in [0.29, 0.717) is 5.69 Å². The molecule has 2 aromatic carbocycles. The van der Waals surface area contributed by atoms with Crippen LogP contribution in [-0.2, 0) is 6.42 Å². The Morgan fingerprint density at radius 1 is 1.10 bits per heavy atom. The SMILES string of the molecule is CCc1cccc(Nc2ccc(N)c3ncccc23)c1. The van der Waals surface area contributed by atoms with Crippen molar-refractivity contribution >= 4 is 28.0 Å². The van der Waals surface area contributed by atoms with Crippen molar-refractivity contribution in [1.29, 1.82) is 0 Å². The highest BCUT2D eigenvalue weighted by Gasteiger charge is 2.05. The molecule has 0 aliphatic heterocycles. The fraction of sp³-hybridized carbons (Fsp3) is 0.118. The zero-order valence-electron chi connectivity index (χ0n) is 11.4. The van der Waals surface area contributed by atoms with Gasteiger partial charge in [0.15, 0.2) is 0 Å². The number of fused-ring (bicyclic) bond motifs is 1. The van der Waals surface area contributed by atoms with E-state index < -0.39 is 0 Å². The van der Waals surface area contributed by atoms with E-state index in [9.17, 15) is 0 Å². The minimum atomic E-state index is 0.702. The molecule has 3 rings (SSSR count). The lowest BCUT2D eigenvalue weighted by Gasteiger charge is -2.11. The number of anilines is 3. The number of aromatic nitrogens is 1. The first-order valence-corrected chi connectivity index (χ1v) is 6.77. The summed E-state index contributed by atoms with van der Waals surface area (Å²) >= 11 is 0. The summed E-state index contributed by atoms with van der Waals surface area (Å²) in [6.07, 6.45) is 2.79. The van der Waals surface area contributed by atoms with Crippen molar-refractivity contribution in [3.8, 4) is 0 Å². The zero-order chi connectivity index (χ0) is 13.9. The quantitative estimate of drug-likeness (QED) is 0.699. The first-order chi connectivity index (χ1) is 9.78. The number of nitrogens with zero attached hydrogens (tertiary/aromatic N) is 1. The largest absolute Gasteiger partial charge is 0.397 e. The van der Waals surface area contributed by atoms with E-state index in [1.165, 1.54) is 5.56 Å². The average molecular weight is 263 g/mol. The van der Waals surface area contributed by atoms with Gasteiger partial charge >= 0.3 is 0 Å². The monoisotopic (exact) mass is 263 g/mol. The maximum atomic E-state index is 5.97. The van der Waals surface area contributed by atoms with Crippen LogP contribution in [0.4, 0.5) is 17.1 Å². The Morgan fingerprint density at radius 3 is 2.85 bits per heavy atom. The van der Waals surface area contributed by atoms with Crippen molar-refractivity contribution in [2.24, 2.45) is 0 Å². The fourth-order valence-corrected chi connectivity index (χ4v) is 2.33. The molecule has 0 aliphatic carbocycles. The lowest BCUT2D eigenvalue weighted by Crippen LogP contribution is -1.96. The van der Waals surface area contributed by atoms with Gasteiger partial charge in [-0.25, -0.2) is 0 Å². The third kappa shape index (κ3) is 2.30. The van der Waals surface area contributed by atoms with Gasteiger partial charge in [-0.3, -0.25) is 4.98 Å². The maximum Gasteiger partial charge on any atom is 0.0951 e. The van der Waals surface area contributed by atoms with Crippen LogP contribution in [-0.4, -0.2) is 4.98 Å². The van der Waals surface area contributed by atoms with Gasteiger partial charge < -0.3 is 11.1 Å². The van der Waals surface area contributed by atoms with Crippen molar-refractivity contribution in [1.82, 2.24) is 4.98 Å². The maximum absolute atomic E-state index is 5.97. The normalized spacial score (nSPS) is 10.7. The molecule has 20 heavy (non-hydrogen) atoms. The van der Waals surface area contributed by atoms with Gasteiger partial charge in [0.2, 0.25) is 0 Å². The van der Waals surface area contributed by atoms with Crippen LogP contribution < -0.4 is 11.1 Å². The lowest BCUT2D eigenvalue weighted by atomic mass is 10.1. The van der Waals surface area contributed by atoms with Gasteiger partial charge in [0.1, 0.15) is 0 Å². The summed E-state index contributed by atoms with van der Waals surface area (Å²) in [4.78, 5) is 4.35. The Balaban J connectivity index is 2.04. The first-order valence-electron chi connectivity index (χ1n) is 6.77. The molecule has 0 aliphatic rings. The Morgan fingerprint density at radius 2 is 2.00 bits per heavy atom. The van der Waals surface area contributed by atoms with Crippen molar-refractivity contribution in [3.05, 3.63) is 60.3 Å². The fourth-order valence-electron chi connectivity index (χ4n) is 2.33. The second kappa shape index (κ2) is 5.21. The molecule has 0 spiro atoms. The summed E-state index contributed by atoms with van der Waals surface area (Å²) < 4.78 is 0. The molecule has 3 nitrogen and oxygen atoms in total. The van der Waals surface area contributed by atoms with Crippen LogP contribution >= 0.6 is 0 Å². The lowest BCUT2D eigenvalue weighted by molar-refractivity contribution is 1.14. The van der Waals surface area contributed by atoms with Crippen LogP contribution in [0.1, 0.15) is 12.5 Å². The number of hydrogen-bond acceptors (Lipinski definition) is 3. The molecule has 0 fully saturated rings. The van der Waals surface area contributed by atoms with E-state index in [1.54, 1.807) is 6.20 Å².